The Morgan fingerprint density at radius 1 is 0.750 bits per heavy atom. The lowest BCUT2D eigenvalue weighted by atomic mass is 10.1. The molecule has 0 aromatic heterocycles. The molecular weight excluding hydrogens is 346 g/mol. The van der Waals surface area contributed by atoms with E-state index in [4.69, 9.17) is 4.74 Å². The quantitative estimate of drug-likeness (QED) is 0.482. The average Bonchev–Trinajstić information content (AvgIpc) is 2.75. The molecule has 0 spiro atoms. The molecule has 0 N–H and O–H groups in total. The summed E-state index contributed by atoms with van der Waals surface area (Å²) in [7, 11) is 0. The van der Waals surface area contributed by atoms with Crippen LogP contribution in [0.2, 0.25) is 0 Å². The van der Waals surface area contributed by atoms with Crippen LogP contribution in [0.5, 0.6) is 0 Å². The van der Waals surface area contributed by atoms with Gasteiger partial charge in [0.05, 0.1) is 0 Å². The summed E-state index contributed by atoms with van der Waals surface area (Å²) in [4.78, 5) is 15.1. The highest BCUT2D eigenvalue weighted by Crippen LogP contribution is 2.17. The van der Waals surface area contributed by atoms with Gasteiger partial charge in [-0.05, 0) is 23.1 Å². The Balaban J connectivity index is 1.74. The molecule has 3 heteroatoms. The fraction of sp³-hybridized carbons (Fsp3) is 0.240. The van der Waals surface area contributed by atoms with Crippen LogP contribution in [-0.2, 0) is 29.2 Å². The van der Waals surface area contributed by atoms with Gasteiger partial charge in [-0.25, -0.2) is 0 Å². The fourth-order valence-electron chi connectivity index (χ4n) is 3.31. The van der Waals surface area contributed by atoms with E-state index in [1.807, 2.05) is 73.7 Å². The second-order valence-corrected chi connectivity index (χ2v) is 6.89. The maximum atomic E-state index is 12.9. The lowest BCUT2D eigenvalue weighted by Gasteiger charge is -2.29. The molecular formula is C25H27NO2. The highest BCUT2D eigenvalue weighted by Gasteiger charge is 2.26. The summed E-state index contributed by atoms with van der Waals surface area (Å²) < 4.78 is 5.66. The van der Waals surface area contributed by atoms with Crippen LogP contribution in [0.3, 0.4) is 0 Å². The van der Waals surface area contributed by atoms with E-state index in [2.05, 4.69) is 29.2 Å². The standard InChI is InChI=1S/C25H27NO2/c1-2-24(25(27)28-20-23-16-10-5-11-17-23)26(18-21-12-6-3-7-13-21)19-22-14-8-4-9-15-22/h3-17,24H,2,18-20H2,1H3/t24-/m0/s1. The SMILES string of the molecule is CC[C@@H](C(=O)OCc1ccccc1)N(Cc1ccccc1)Cc1ccccc1. The van der Waals surface area contributed by atoms with Gasteiger partial charge in [-0.3, -0.25) is 9.69 Å². The molecule has 0 aliphatic rings. The molecule has 28 heavy (non-hydrogen) atoms. The van der Waals surface area contributed by atoms with E-state index in [1.165, 1.54) is 11.1 Å². The number of ether oxygens (including phenoxy) is 1. The van der Waals surface area contributed by atoms with E-state index in [0.29, 0.717) is 26.1 Å². The van der Waals surface area contributed by atoms with Crippen molar-refractivity contribution < 1.29 is 9.53 Å². The molecule has 0 aliphatic heterocycles. The van der Waals surface area contributed by atoms with Gasteiger partial charge in [0.25, 0.3) is 0 Å². The van der Waals surface area contributed by atoms with E-state index in [0.717, 1.165) is 5.56 Å². The fourth-order valence-corrected chi connectivity index (χ4v) is 3.31. The first-order valence-electron chi connectivity index (χ1n) is 9.78. The lowest BCUT2D eigenvalue weighted by Crippen LogP contribution is -2.41. The summed E-state index contributed by atoms with van der Waals surface area (Å²) in [5.41, 5.74) is 3.38. The zero-order valence-electron chi connectivity index (χ0n) is 16.3. The molecule has 3 aromatic rings. The van der Waals surface area contributed by atoms with Crippen LogP contribution in [0.25, 0.3) is 0 Å². The Kier molecular flexibility index (Phi) is 7.39. The van der Waals surface area contributed by atoms with Crippen molar-refractivity contribution >= 4 is 5.97 Å². The molecule has 0 unspecified atom stereocenters. The molecule has 0 aliphatic carbocycles. The first-order valence-corrected chi connectivity index (χ1v) is 9.78. The molecule has 3 rings (SSSR count). The van der Waals surface area contributed by atoms with Crippen LogP contribution >= 0.6 is 0 Å². The summed E-state index contributed by atoms with van der Waals surface area (Å²) in [5.74, 6) is -0.168. The molecule has 0 saturated carbocycles. The normalized spacial score (nSPS) is 11.9. The van der Waals surface area contributed by atoms with Gasteiger partial charge >= 0.3 is 5.97 Å². The second-order valence-electron chi connectivity index (χ2n) is 6.89. The van der Waals surface area contributed by atoms with Crippen molar-refractivity contribution in [1.29, 1.82) is 0 Å². The van der Waals surface area contributed by atoms with Gasteiger partial charge in [0, 0.05) is 13.1 Å². The number of carbonyl (C=O) groups excluding carboxylic acids is 1. The van der Waals surface area contributed by atoms with E-state index in [9.17, 15) is 4.79 Å². The van der Waals surface area contributed by atoms with Gasteiger partial charge < -0.3 is 4.74 Å². The molecule has 0 bridgehead atoms. The number of benzene rings is 3. The van der Waals surface area contributed by atoms with Crippen molar-refractivity contribution in [3.8, 4) is 0 Å². The second kappa shape index (κ2) is 10.4. The molecule has 0 heterocycles. The van der Waals surface area contributed by atoms with Gasteiger partial charge in [0.15, 0.2) is 0 Å². The maximum Gasteiger partial charge on any atom is 0.323 e. The zero-order chi connectivity index (χ0) is 19.6. The molecule has 0 amide bonds. The minimum absolute atomic E-state index is 0.168. The first kappa shape index (κ1) is 19.8. The lowest BCUT2D eigenvalue weighted by molar-refractivity contribution is -0.152. The third kappa shape index (κ3) is 5.80. The Morgan fingerprint density at radius 2 is 1.18 bits per heavy atom. The van der Waals surface area contributed by atoms with E-state index < -0.39 is 0 Å². The first-order chi connectivity index (χ1) is 13.8. The van der Waals surface area contributed by atoms with Crippen molar-refractivity contribution in [3.05, 3.63) is 108 Å². The maximum absolute atomic E-state index is 12.9. The van der Waals surface area contributed by atoms with Gasteiger partial charge in [-0.15, -0.1) is 0 Å². The van der Waals surface area contributed by atoms with E-state index >= 15 is 0 Å². The number of rotatable bonds is 9. The van der Waals surface area contributed by atoms with Crippen molar-refractivity contribution in [2.75, 3.05) is 0 Å². The van der Waals surface area contributed by atoms with Crippen LogP contribution in [0, 0.1) is 0 Å². The largest absolute Gasteiger partial charge is 0.460 e. The molecule has 144 valence electrons. The zero-order valence-corrected chi connectivity index (χ0v) is 16.3. The number of nitrogens with zero attached hydrogens (tertiary/aromatic N) is 1. The Bertz CT molecular complexity index is 793. The Labute approximate surface area is 167 Å². The summed E-state index contributed by atoms with van der Waals surface area (Å²) in [6.45, 7) is 3.75. The van der Waals surface area contributed by atoms with Crippen molar-refractivity contribution in [2.24, 2.45) is 0 Å². The van der Waals surface area contributed by atoms with E-state index in [1.54, 1.807) is 0 Å². The van der Waals surface area contributed by atoms with Gasteiger partial charge in [0.1, 0.15) is 12.6 Å². The topological polar surface area (TPSA) is 29.5 Å². The van der Waals surface area contributed by atoms with Gasteiger partial charge in [-0.2, -0.15) is 0 Å². The third-order valence-corrected chi connectivity index (χ3v) is 4.78. The third-order valence-electron chi connectivity index (χ3n) is 4.78. The number of hydrogen-bond donors (Lipinski definition) is 0. The van der Waals surface area contributed by atoms with Crippen LogP contribution in [0.15, 0.2) is 91.0 Å². The van der Waals surface area contributed by atoms with Crippen molar-refractivity contribution in [2.45, 2.75) is 39.1 Å². The Hall–Kier alpha value is -2.91. The Morgan fingerprint density at radius 3 is 1.61 bits per heavy atom. The predicted octanol–water partition coefficient (Wildman–Crippen LogP) is 5.21. The van der Waals surface area contributed by atoms with Crippen LogP contribution in [0.1, 0.15) is 30.0 Å². The number of esters is 1. The monoisotopic (exact) mass is 373 g/mol. The summed E-state index contributed by atoms with van der Waals surface area (Å²) in [5, 5.41) is 0. The summed E-state index contributed by atoms with van der Waals surface area (Å²) in [6, 6.07) is 30.1. The van der Waals surface area contributed by atoms with Crippen molar-refractivity contribution in [1.82, 2.24) is 4.90 Å². The number of hydrogen-bond acceptors (Lipinski definition) is 3. The van der Waals surface area contributed by atoms with Crippen LogP contribution in [-0.4, -0.2) is 16.9 Å². The van der Waals surface area contributed by atoms with Crippen LogP contribution in [0.4, 0.5) is 0 Å². The average molecular weight is 373 g/mol. The minimum atomic E-state index is -0.288. The molecule has 0 radical (unpaired) electrons. The highest BCUT2D eigenvalue weighted by atomic mass is 16.5. The molecule has 1 atom stereocenters. The summed E-state index contributed by atoms with van der Waals surface area (Å²) >= 11 is 0. The predicted molar refractivity (Wildman–Crippen MR) is 112 cm³/mol. The van der Waals surface area contributed by atoms with Crippen molar-refractivity contribution in [3.63, 3.8) is 0 Å². The smallest absolute Gasteiger partial charge is 0.323 e. The molecule has 0 fully saturated rings. The summed E-state index contributed by atoms with van der Waals surface area (Å²) in [6.07, 6.45) is 0.702. The van der Waals surface area contributed by atoms with Gasteiger partial charge in [-0.1, -0.05) is 97.9 Å². The van der Waals surface area contributed by atoms with E-state index in [-0.39, 0.29) is 12.0 Å². The molecule has 3 aromatic carbocycles. The minimum Gasteiger partial charge on any atom is -0.460 e. The highest BCUT2D eigenvalue weighted by molar-refractivity contribution is 5.75. The van der Waals surface area contributed by atoms with Crippen LogP contribution < -0.4 is 0 Å². The number of carbonyl (C=O) groups is 1. The van der Waals surface area contributed by atoms with Gasteiger partial charge in [0.2, 0.25) is 0 Å². The molecule has 0 saturated heterocycles. The molecule has 3 nitrogen and oxygen atoms in total.